The van der Waals surface area contributed by atoms with Crippen molar-refractivity contribution in [2.45, 2.75) is 26.7 Å². The van der Waals surface area contributed by atoms with E-state index in [0.717, 1.165) is 25.3 Å². The van der Waals surface area contributed by atoms with Crippen LogP contribution in [0.25, 0.3) is 0 Å². The summed E-state index contributed by atoms with van der Waals surface area (Å²) >= 11 is 0. The van der Waals surface area contributed by atoms with E-state index in [4.69, 9.17) is 0 Å². The molecule has 1 rings (SSSR count). The molecule has 0 N–H and O–H groups in total. The van der Waals surface area contributed by atoms with Gasteiger partial charge in [0.05, 0.1) is 6.92 Å². The van der Waals surface area contributed by atoms with Crippen molar-refractivity contribution in [3.05, 3.63) is 0 Å². The maximum absolute atomic E-state index is 10.8. The zero-order valence-corrected chi connectivity index (χ0v) is 6.63. The number of carbonyl (C=O) groups excluding carboxylic acids is 1. The highest BCUT2D eigenvalue weighted by atomic mass is 16.1. The largest absolute Gasteiger partial charge is 0.383 e. The highest BCUT2D eigenvalue weighted by Crippen LogP contribution is 2.09. The number of carbonyl (C=O) groups is 1. The molecule has 1 unspecified atom stereocenters. The van der Waals surface area contributed by atoms with Crippen molar-refractivity contribution in [2.75, 3.05) is 6.54 Å². The van der Waals surface area contributed by atoms with Gasteiger partial charge in [-0.15, -0.1) is 0 Å². The lowest BCUT2D eigenvalue weighted by molar-refractivity contribution is -0.450. The smallest absolute Gasteiger partial charge is 0.220 e. The minimum atomic E-state index is 0.173. The van der Waals surface area contributed by atoms with E-state index in [2.05, 4.69) is 6.92 Å². The zero-order valence-electron chi connectivity index (χ0n) is 6.63. The fraction of sp³-hybridized carbons (Fsp3) is 0.750. The van der Waals surface area contributed by atoms with Crippen LogP contribution in [0.15, 0.2) is 0 Å². The Balaban J connectivity index is 2.56. The van der Waals surface area contributed by atoms with Crippen LogP contribution < -0.4 is 0 Å². The molecule has 0 saturated heterocycles. The zero-order chi connectivity index (χ0) is 7.56. The quantitative estimate of drug-likeness (QED) is 0.460. The van der Waals surface area contributed by atoms with Crippen molar-refractivity contribution in [3.63, 3.8) is 0 Å². The van der Waals surface area contributed by atoms with Crippen molar-refractivity contribution < 1.29 is 9.37 Å². The first-order valence-electron chi connectivity index (χ1n) is 3.80. The minimum absolute atomic E-state index is 0.173. The van der Waals surface area contributed by atoms with Gasteiger partial charge < -0.3 is 0 Å². The molecule has 0 aliphatic carbocycles. The lowest BCUT2D eigenvalue weighted by Crippen LogP contribution is -2.26. The summed E-state index contributed by atoms with van der Waals surface area (Å²) in [4.78, 5) is 10.8. The molecule has 2 heteroatoms. The number of amides is 1. The van der Waals surface area contributed by atoms with Crippen LogP contribution in [0.5, 0.6) is 0 Å². The van der Waals surface area contributed by atoms with E-state index in [9.17, 15) is 4.79 Å². The van der Waals surface area contributed by atoms with E-state index in [-0.39, 0.29) is 5.91 Å². The average Bonchev–Trinajstić information content (AvgIpc) is 1.88. The maximum atomic E-state index is 10.8. The molecular formula is C8H14NO+. The first-order chi connectivity index (χ1) is 4.70. The molecule has 1 heterocycles. The fourth-order valence-corrected chi connectivity index (χ4v) is 1.16. The van der Waals surface area contributed by atoms with Crippen LogP contribution in [-0.4, -0.2) is 23.2 Å². The molecule has 0 radical (unpaired) electrons. The van der Waals surface area contributed by atoms with Crippen molar-refractivity contribution >= 4 is 12.1 Å². The fourth-order valence-electron chi connectivity index (χ4n) is 1.16. The van der Waals surface area contributed by atoms with Gasteiger partial charge in [0, 0.05) is 12.8 Å². The van der Waals surface area contributed by atoms with Crippen molar-refractivity contribution in [1.29, 1.82) is 0 Å². The third-order valence-corrected chi connectivity index (χ3v) is 2.00. The predicted octanol–water partition coefficient (Wildman–Crippen LogP) is 1.05. The third kappa shape index (κ3) is 1.66. The Labute approximate surface area is 61.6 Å². The topological polar surface area (TPSA) is 20.1 Å². The molecule has 1 amide bonds. The summed E-state index contributed by atoms with van der Waals surface area (Å²) in [5.41, 5.74) is 0. The van der Waals surface area contributed by atoms with Gasteiger partial charge in [0.25, 0.3) is 0 Å². The van der Waals surface area contributed by atoms with Gasteiger partial charge in [-0.25, -0.2) is 4.79 Å². The molecule has 0 fully saturated rings. The van der Waals surface area contributed by atoms with Gasteiger partial charge in [0.15, 0.2) is 6.54 Å². The van der Waals surface area contributed by atoms with Crippen LogP contribution in [0.1, 0.15) is 26.7 Å². The molecule has 0 bridgehead atoms. The lowest BCUT2D eigenvalue weighted by atomic mass is 10.0. The molecule has 0 aromatic rings. The Morgan fingerprint density at radius 3 is 2.80 bits per heavy atom. The SMILES string of the molecule is CC(=O)[N+]1=CCC(C)CC1. The summed E-state index contributed by atoms with van der Waals surface area (Å²) < 4.78 is 1.81. The summed E-state index contributed by atoms with van der Waals surface area (Å²) in [5, 5.41) is 0. The van der Waals surface area contributed by atoms with E-state index in [1.807, 2.05) is 6.21 Å². The van der Waals surface area contributed by atoms with E-state index in [1.54, 1.807) is 11.5 Å². The average molecular weight is 140 g/mol. The van der Waals surface area contributed by atoms with Crippen LogP contribution in [-0.2, 0) is 4.79 Å². The van der Waals surface area contributed by atoms with Crippen LogP contribution in [0.3, 0.4) is 0 Å². The molecule has 0 saturated carbocycles. The maximum Gasteiger partial charge on any atom is 0.383 e. The standard InChI is InChI=1S/C8H14NO/c1-7-3-5-9(6-4-7)8(2)10/h5,7H,3-4,6H2,1-2H3/q+1. The number of rotatable bonds is 0. The van der Waals surface area contributed by atoms with Gasteiger partial charge in [-0.3, -0.25) is 0 Å². The third-order valence-electron chi connectivity index (χ3n) is 2.00. The summed E-state index contributed by atoms with van der Waals surface area (Å²) in [6.07, 6.45) is 4.21. The molecule has 56 valence electrons. The highest BCUT2D eigenvalue weighted by molar-refractivity contribution is 5.70. The molecular weight excluding hydrogens is 126 g/mol. The Kier molecular flexibility index (Phi) is 2.20. The minimum Gasteiger partial charge on any atom is -0.220 e. The summed E-state index contributed by atoms with van der Waals surface area (Å²) in [6, 6.07) is 0. The van der Waals surface area contributed by atoms with Gasteiger partial charge in [-0.2, -0.15) is 4.58 Å². The first kappa shape index (κ1) is 7.45. The van der Waals surface area contributed by atoms with Gasteiger partial charge in [0.1, 0.15) is 6.21 Å². The first-order valence-corrected chi connectivity index (χ1v) is 3.80. The monoisotopic (exact) mass is 140 g/mol. The number of hydrogen-bond donors (Lipinski definition) is 0. The molecule has 0 aromatic heterocycles. The van der Waals surface area contributed by atoms with Crippen LogP contribution in [0, 0.1) is 5.92 Å². The van der Waals surface area contributed by atoms with Gasteiger partial charge in [-0.05, 0) is 5.92 Å². The number of hydrogen-bond acceptors (Lipinski definition) is 1. The second-order valence-electron chi connectivity index (χ2n) is 3.02. The normalized spacial score (nSPS) is 25.8. The van der Waals surface area contributed by atoms with E-state index in [0.29, 0.717) is 0 Å². The van der Waals surface area contributed by atoms with Crippen molar-refractivity contribution in [3.8, 4) is 0 Å². The lowest BCUT2D eigenvalue weighted by Gasteiger charge is -2.10. The molecule has 0 spiro atoms. The molecule has 10 heavy (non-hydrogen) atoms. The molecule has 2 nitrogen and oxygen atoms in total. The molecule has 1 aliphatic rings. The van der Waals surface area contributed by atoms with Gasteiger partial charge in [-0.1, -0.05) is 6.92 Å². The van der Waals surface area contributed by atoms with Crippen LogP contribution in [0.2, 0.25) is 0 Å². The summed E-state index contributed by atoms with van der Waals surface area (Å²) in [7, 11) is 0. The van der Waals surface area contributed by atoms with E-state index >= 15 is 0 Å². The number of nitrogens with zero attached hydrogens (tertiary/aromatic N) is 1. The Bertz CT molecular complexity index is 172. The van der Waals surface area contributed by atoms with Gasteiger partial charge >= 0.3 is 5.91 Å². The Morgan fingerprint density at radius 2 is 2.40 bits per heavy atom. The Morgan fingerprint density at radius 1 is 1.70 bits per heavy atom. The molecule has 1 aliphatic heterocycles. The predicted molar refractivity (Wildman–Crippen MR) is 40.3 cm³/mol. The van der Waals surface area contributed by atoms with Crippen molar-refractivity contribution in [2.24, 2.45) is 5.92 Å². The molecule has 1 atom stereocenters. The van der Waals surface area contributed by atoms with Crippen LogP contribution in [0.4, 0.5) is 0 Å². The van der Waals surface area contributed by atoms with Crippen LogP contribution >= 0.6 is 0 Å². The summed E-state index contributed by atoms with van der Waals surface area (Å²) in [6.45, 7) is 4.75. The summed E-state index contributed by atoms with van der Waals surface area (Å²) in [5.74, 6) is 0.933. The van der Waals surface area contributed by atoms with Gasteiger partial charge in [0.2, 0.25) is 0 Å². The van der Waals surface area contributed by atoms with Crippen molar-refractivity contribution in [1.82, 2.24) is 0 Å². The Hall–Kier alpha value is -0.660. The molecule has 0 aromatic carbocycles. The second-order valence-corrected chi connectivity index (χ2v) is 3.02. The van der Waals surface area contributed by atoms with E-state index in [1.165, 1.54) is 0 Å². The van der Waals surface area contributed by atoms with E-state index < -0.39 is 0 Å². The highest BCUT2D eigenvalue weighted by Gasteiger charge is 2.18. The second kappa shape index (κ2) is 2.95.